The van der Waals surface area contributed by atoms with Gasteiger partial charge in [-0.25, -0.2) is 4.98 Å². The Balaban J connectivity index is 1.77. The third-order valence-electron chi connectivity index (χ3n) is 3.66. The first-order valence-corrected chi connectivity index (χ1v) is 8.19. The fraction of sp³-hybridized carbons (Fsp3) is 0.375. The molecular weight excluding hydrogens is 298 g/mol. The van der Waals surface area contributed by atoms with Gasteiger partial charge >= 0.3 is 0 Å². The molecule has 2 atom stereocenters. The van der Waals surface area contributed by atoms with Crippen LogP contribution >= 0.6 is 11.3 Å². The highest BCUT2D eigenvalue weighted by Crippen LogP contribution is 2.26. The molecule has 1 saturated heterocycles. The molecule has 1 aliphatic rings. The zero-order valence-corrected chi connectivity index (χ0v) is 13.3. The van der Waals surface area contributed by atoms with Crippen LogP contribution in [0.2, 0.25) is 0 Å². The average molecular weight is 317 g/mol. The monoisotopic (exact) mass is 317 g/mol. The van der Waals surface area contributed by atoms with E-state index in [2.05, 4.69) is 4.98 Å². The van der Waals surface area contributed by atoms with Crippen LogP contribution in [-0.2, 0) is 11.3 Å². The lowest BCUT2D eigenvalue weighted by molar-refractivity contribution is -0.0692. The zero-order valence-electron chi connectivity index (χ0n) is 12.4. The molecular formula is C16H19N3O2S. The molecule has 2 unspecified atom stereocenters. The number of benzene rings is 1. The lowest BCUT2D eigenvalue weighted by atomic mass is 10.1. The maximum atomic E-state index is 12.6. The number of nitrogens with two attached hydrogens (primary N) is 1. The molecule has 1 amide bonds. The third kappa shape index (κ3) is 3.19. The van der Waals surface area contributed by atoms with E-state index in [1.807, 2.05) is 42.2 Å². The largest absolute Gasteiger partial charge is 0.367 e. The summed E-state index contributed by atoms with van der Waals surface area (Å²) >= 11 is 1.42. The number of amides is 1. The highest BCUT2D eigenvalue weighted by atomic mass is 32.1. The molecule has 2 heterocycles. The molecule has 0 aliphatic carbocycles. The molecule has 6 heteroatoms. The highest BCUT2D eigenvalue weighted by Gasteiger charge is 2.30. The Morgan fingerprint density at radius 2 is 2.18 bits per heavy atom. The van der Waals surface area contributed by atoms with Gasteiger partial charge in [0.15, 0.2) is 0 Å². The number of carbonyl (C=O) groups is 1. The number of hydrogen-bond donors (Lipinski definition) is 1. The van der Waals surface area contributed by atoms with Crippen molar-refractivity contribution in [2.75, 3.05) is 13.1 Å². The van der Waals surface area contributed by atoms with Crippen molar-refractivity contribution in [2.45, 2.75) is 25.7 Å². The molecule has 1 aliphatic heterocycles. The number of rotatable bonds is 3. The number of ether oxygens (including phenoxy) is 1. The van der Waals surface area contributed by atoms with E-state index in [4.69, 9.17) is 10.5 Å². The van der Waals surface area contributed by atoms with Crippen molar-refractivity contribution >= 4 is 17.2 Å². The Labute approximate surface area is 133 Å². The van der Waals surface area contributed by atoms with Crippen LogP contribution in [0, 0.1) is 0 Å². The van der Waals surface area contributed by atoms with Gasteiger partial charge in [-0.2, -0.15) is 0 Å². The summed E-state index contributed by atoms with van der Waals surface area (Å²) in [4.78, 5) is 18.7. The van der Waals surface area contributed by atoms with Crippen molar-refractivity contribution in [3.8, 4) is 0 Å². The minimum Gasteiger partial charge on any atom is -0.367 e. The molecule has 2 N–H and O–H groups in total. The molecule has 1 fully saturated rings. The van der Waals surface area contributed by atoms with E-state index >= 15 is 0 Å². The Bertz CT molecular complexity index is 644. The molecule has 1 aromatic carbocycles. The summed E-state index contributed by atoms with van der Waals surface area (Å²) in [6.45, 7) is 3.48. The van der Waals surface area contributed by atoms with Crippen molar-refractivity contribution in [2.24, 2.45) is 5.73 Å². The summed E-state index contributed by atoms with van der Waals surface area (Å²) in [7, 11) is 0. The van der Waals surface area contributed by atoms with Gasteiger partial charge in [0, 0.05) is 18.5 Å². The van der Waals surface area contributed by atoms with Crippen LogP contribution in [-0.4, -0.2) is 35.0 Å². The first-order chi connectivity index (χ1) is 10.7. The lowest BCUT2D eigenvalue weighted by Crippen LogP contribution is -2.46. The van der Waals surface area contributed by atoms with Crippen LogP contribution < -0.4 is 5.73 Å². The van der Waals surface area contributed by atoms with Crippen LogP contribution in [0.15, 0.2) is 35.7 Å². The molecule has 1 aromatic heterocycles. The maximum absolute atomic E-state index is 12.6. The number of thiazole rings is 1. The topological polar surface area (TPSA) is 68.5 Å². The fourth-order valence-corrected chi connectivity index (χ4v) is 3.28. The fourth-order valence-electron chi connectivity index (χ4n) is 2.63. The molecule has 0 saturated carbocycles. The molecule has 3 rings (SSSR count). The van der Waals surface area contributed by atoms with Gasteiger partial charge in [0.2, 0.25) is 0 Å². The Morgan fingerprint density at radius 1 is 1.41 bits per heavy atom. The van der Waals surface area contributed by atoms with Gasteiger partial charge < -0.3 is 15.4 Å². The van der Waals surface area contributed by atoms with Crippen LogP contribution in [0.5, 0.6) is 0 Å². The van der Waals surface area contributed by atoms with E-state index in [1.165, 1.54) is 11.3 Å². The first-order valence-electron chi connectivity index (χ1n) is 7.31. The number of hydrogen-bond acceptors (Lipinski definition) is 5. The van der Waals surface area contributed by atoms with E-state index in [0.717, 1.165) is 10.6 Å². The summed E-state index contributed by atoms with van der Waals surface area (Å²) in [6, 6.07) is 10.00. The lowest BCUT2D eigenvalue weighted by Gasteiger charge is -2.36. The summed E-state index contributed by atoms with van der Waals surface area (Å²) in [5.41, 5.74) is 7.13. The summed E-state index contributed by atoms with van der Waals surface area (Å²) in [6.07, 6.45) is -0.1000. The first kappa shape index (κ1) is 15.1. The van der Waals surface area contributed by atoms with Gasteiger partial charge in [-0.3, -0.25) is 4.79 Å². The van der Waals surface area contributed by atoms with E-state index in [0.29, 0.717) is 25.3 Å². The molecule has 0 spiro atoms. The minimum absolute atomic E-state index is 0.00415. The second-order valence-corrected chi connectivity index (χ2v) is 6.33. The van der Waals surface area contributed by atoms with Gasteiger partial charge in [0.1, 0.15) is 16.8 Å². The van der Waals surface area contributed by atoms with E-state index in [-0.39, 0.29) is 18.1 Å². The second-order valence-electron chi connectivity index (χ2n) is 5.39. The molecule has 116 valence electrons. The normalized spacial score (nSPS) is 21.8. The predicted molar refractivity (Wildman–Crippen MR) is 85.6 cm³/mol. The Morgan fingerprint density at radius 3 is 2.86 bits per heavy atom. The number of aromatic nitrogens is 1. The van der Waals surface area contributed by atoms with Gasteiger partial charge in [-0.05, 0) is 12.5 Å². The van der Waals surface area contributed by atoms with Gasteiger partial charge in [-0.1, -0.05) is 30.3 Å². The van der Waals surface area contributed by atoms with Crippen LogP contribution in [0.1, 0.15) is 34.1 Å². The van der Waals surface area contributed by atoms with Crippen molar-refractivity contribution in [3.05, 3.63) is 52.0 Å². The summed E-state index contributed by atoms with van der Waals surface area (Å²) < 4.78 is 5.98. The highest BCUT2D eigenvalue weighted by molar-refractivity contribution is 7.09. The van der Waals surface area contributed by atoms with Crippen molar-refractivity contribution in [1.29, 1.82) is 0 Å². The van der Waals surface area contributed by atoms with Crippen molar-refractivity contribution < 1.29 is 9.53 Å². The van der Waals surface area contributed by atoms with Crippen molar-refractivity contribution in [1.82, 2.24) is 9.88 Å². The zero-order chi connectivity index (χ0) is 15.5. The number of carbonyl (C=O) groups excluding carboxylic acids is 1. The maximum Gasteiger partial charge on any atom is 0.273 e. The van der Waals surface area contributed by atoms with E-state index < -0.39 is 0 Å². The smallest absolute Gasteiger partial charge is 0.273 e. The number of morpholine rings is 1. The Hall–Kier alpha value is -1.76. The minimum atomic E-state index is -0.0958. The Kier molecular flexibility index (Phi) is 4.52. The standard InChI is InChI=1S/C16H19N3O2S/c1-11-8-19(16(20)13-10-22-15(7-17)18-13)9-14(21-11)12-5-3-2-4-6-12/h2-6,10-11,14H,7-9,17H2,1H3. The average Bonchev–Trinajstić information content (AvgIpc) is 3.03. The molecule has 22 heavy (non-hydrogen) atoms. The van der Waals surface area contributed by atoms with E-state index in [9.17, 15) is 4.79 Å². The molecule has 0 radical (unpaired) electrons. The number of nitrogens with zero attached hydrogens (tertiary/aromatic N) is 2. The summed E-state index contributed by atoms with van der Waals surface area (Å²) in [5.74, 6) is -0.0490. The van der Waals surface area contributed by atoms with Gasteiger partial charge in [0.05, 0.1) is 12.6 Å². The molecule has 5 nitrogen and oxygen atoms in total. The van der Waals surface area contributed by atoms with Crippen LogP contribution in [0.3, 0.4) is 0 Å². The third-order valence-corrected chi connectivity index (χ3v) is 4.54. The van der Waals surface area contributed by atoms with Crippen LogP contribution in [0.4, 0.5) is 0 Å². The SMILES string of the molecule is CC1CN(C(=O)c2csc(CN)n2)CC(c2ccccc2)O1. The van der Waals surface area contributed by atoms with Crippen LogP contribution in [0.25, 0.3) is 0 Å². The summed E-state index contributed by atoms with van der Waals surface area (Å²) in [5, 5.41) is 2.56. The quantitative estimate of drug-likeness (QED) is 0.942. The molecule has 0 bridgehead atoms. The van der Waals surface area contributed by atoms with Gasteiger partial charge in [-0.15, -0.1) is 11.3 Å². The van der Waals surface area contributed by atoms with Crippen molar-refractivity contribution in [3.63, 3.8) is 0 Å². The van der Waals surface area contributed by atoms with E-state index in [1.54, 1.807) is 5.38 Å². The second kappa shape index (κ2) is 6.56. The predicted octanol–water partition coefficient (Wildman–Crippen LogP) is 2.20. The molecule has 2 aromatic rings. The van der Waals surface area contributed by atoms with Gasteiger partial charge in [0.25, 0.3) is 5.91 Å².